The second kappa shape index (κ2) is 4.57. The second-order valence-corrected chi connectivity index (χ2v) is 4.94. The van der Waals surface area contributed by atoms with E-state index in [1.54, 1.807) is 18.2 Å². The number of fused-ring (bicyclic) bond motifs is 1. The molecule has 1 saturated heterocycles. The quantitative estimate of drug-likeness (QED) is 0.883. The van der Waals surface area contributed by atoms with E-state index in [9.17, 15) is 9.59 Å². The van der Waals surface area contributed by atoms with Crippen LogP contribution in [0.3, 0.4) is 0 Å². The van der Waals surface area contributed by atoms with E-state index in [-0.39, 0.29) is 23.9 Å². The fraction of sp³-hybridized carbons (Fsp3) is 0.429. The largest absolute Gasteiger partial charge is 0.495 e. The summed E-state index contributed by atoms with van der Waals surface area (Å²) < 4.78 is 5.23. The van der Waals surface area contributed by atoms with Crippen LogP contribution in [0.5, 0.6) is 5.75 Å². The van der Waals surface area contributed by atoms with Gasteiger partial charge in [-0.15, -0.1) is 0 Å². The predicted octanol–water partition coefficient (Wildman–Crippen LogP) is 1.92. The summed E-state index contributed by atoms with van der Waals surface area (Å²) in [7, 11) is 1.53. The Morgan fingerprint density at radius 2 is 2.05 bits per heavy atom. The number of hydrogen-bond acceptors (Lipinski definition) is 3. The number of benzene rings is 1. The molecule has 5 heteroatoms. The first-order chi connectivity index (χ1) is 9.22. The minimum Gasteiger partial charge on any atom is -0.495 e. The van der Waals surface area contributed by atoms with E-state index in [1.807, 2.05) is 6.07 Å². The number of hydrogen-bond donors (Lipinski definition) is 1. The maximum Gasteiger partial charge on any atom is 0.329 e. The summed E-state index contributed by atoms with van der Waals surface area (Å²) in [6.07, 6.45) is 2.72. The van der Waals surface area contributed by atoms with Crippen molar-refractivity contribution < 1.29 is 14.3 Å². The molecule has 1 N–H and O–H groups in total. The third kappa shape index (κ3) is 1.85. The molecule has 0 bridgehead atoms. The number of carbonyl (C=O) groups is 2. The van der Waals surface area contributed by atoms with Crippen molar-refractivity contribution in [3.63, 3.8) is 0 Å². The number of nitrogens with zero attached hydrogens (tertiary/aromatic N) is 1. The zero-order valence-corrected chi connectivity index (χ0v) is 10.8. The first-order valence-corrected chi connectivity index (χ1v) is 6.50. The van der Waals surface area contributed by atoms with Crippen LogP contribution in [0.4, 0.5) is 10.5 Å². The number of urea groups is 1. The van der Waals surface area contributed by atoms with E-state index in [2.05, 4.69) is 5.32 Å². The van der Waals surface area contributed by atoms with Crippen LogP contribution < -0.4 is 15.0 Å². The lowest BCUT2D eigenvalue weighted by molar-refractivity contribution is -0.122. The van der Waals surface area contributed by atoms with Gasteiger partial charge in [-0.3, -0.25) is 4.79 Å². The van der Waals surface area contributed by atoms with Crippen LogP contribution in [0.25, 0.3) is 0 Å². The fourth-order valence-corrected chi connectivity index (χ4v) is 2.96. The van der Waals surface area contributed by atoms with Crippen molar-refractivity contribution in [2.24, 2.45) is 5.92 Å². The van der Waals surface area contributed by atoms with Gasteiger partial charge in [0.15, 0.2) is 0 Å². The molecule has 3 rings (SSSR count). The Balaban J connectivity index is 1.99. The molecule has 100 valence electrons. The number of imide groups is 1. The molecule has 2 aliphatic rings. The maximum atomic E-state index is 12.5. The van der Waals surface area contributed by atoms with Crippen LogP contribution in [-0.2, 0) is 4.79 Å². The Morgan fingerprint density at radius 3 is 2.84 bits per heavy atom. The van der Waals surface area contributed by atoms with Gasteiger partial charge in [0.1, 0.15) is 5.75 Å². The number of anilines is 1. The molecule has 0 radical (unpaired) electrons. The highest BCUT2D eigenvalue weighted by Gasteiger charge is 2.44. The van der Waals surface area contributed by atoms with Gasteiger partial charge >= 0.3 is 6.03 Å². The average Bonchev–Trinajstić information content (AvgIpc) is 2.87. The molecule has 19 heavy (non-hydrogen) atoms. The van der Waals surface area contributed by atoms with Gasteiger partial charge in [-0.2, -0.15) is 0 Å². The molecule has 0 spiro atoms. The minimum atomic E-state index is -0.349. The second-order valence-electron chi connectivity index (χ2n) is 4.94. The Labute approximate surface area is 111 Å². The average molecular weight is 260 g/mol. The number of methoxy groups -OCH3 is 1. The molecule has 1 aromatic rings. The van der Waals surface area contributed by atoms with Crippen LogP contribution in [-0.4, -0.2) is 25.1 Å². The van der Waals surface area contributed by atoms with Crippen LogP contribution in [0.1, 0.15) is 19.3 Å². The zero-order valence-electron chi connectivity index (χ0n) is 10.8. The van der Waals surface area contributed by atoms with E-state index in [0.29, 0.717) is 11.4 Å². The van der Waals surface area contributed by atoms with Crippen molar-refractivity contribution in [3.8, 4) is 5.75 Å². The minimum absolute atomic E-state index is 0.00552. The van der Waals surface area contributed by atoms with Gasteiger partial charge in [-0.05, 0) is 25.0 Å². The Bertz CT molecular complexity index is 529. The lowest BCUT2D eigenvalue weighted by Gasteiger charge is -2.34. The molecule has 1 aliphatic carbocycles. The summed E-state index contributed by atoms with van der Waals surface area (Å²) in [4.78, 5) is 25.9. The van der Waals surface area contributed by atoms with E-state index in [1.165, 1.54) is 12.0 Å². The number of nitrogens with one attached hydrogen (secondary N) is 1. The van der Waals surface area contributed by atoms with Crippen molar-refractivity contribution in [3.05, 3.63) is 24.3 Å². The third-order valence-electron chi connectivity index (χ3n) is 3.89. The zero-order chi connectivity index (χ0) is 13.4. The molecule has 2 fully saturated rings. The fourth-order valence-electron chi connectivity index (χ4n) is 2.96. The van der Waals surface area contributed by atoms with Crippen molar-refractivity contribution in [1.29, 1.82) is 0 Å². The molecule has 0 aromatic heterocycles. The van der Waals surface area contributed by atoms with Crippen molar-refractivity contribution in [2.45, 2.75) is 25.3 Å². The first-order valence-electron chi connectivity index (χ1n) is 6.50. The molecule has 1 saturated carbocycles. The maximum absolute atomic E-state index is 12.5. The van der Waals surface area contributed by atoms with Crippen LogP contribution in [0.15, 0.2) is 24.3 Å². The van der Waals surface area contributed by atoms with Gasteiger partial charge in [-0.25, -0.2) is 9.69 Å². The molecule has 2 unspecified atom stereocenters. The SMILES string of the molecule is COc1ccccc1N1C(=O)NC2CCCC2C1=O. The standard InChI is InChI=1S/C14H16N2O3/c1-19-12-8-3-2-7-11(12)16-13(17)9-5-4-6-10(9)15-14(16)18/h2-3,7-10H,4-6H2,1H3,(H,15,18). The molecule has 2 atom stereocenters. The lowest BCUT2D eigenvalue weighted by atomic mass is 9.99. The van der Waals surface area contributed by atoms with Gasteiger partial charge in [0, 0.05) is 6.04 Å². The molecule has 1 aliphatic heterocycles. The Kier molecular flexibility index (Phi) is 2.89. The summed E-state index contributed by atoms with van der Waals surface area (Å²) in [5.74, 6) is 0.320. The first kappa shape index (κ1) is 12.0. The van der Waals surface area contributed by atoms with Crippen molar-refractivity contribution >= 4 is 17.6 Å². The van der Waals surface area contributed by atoms with E-state index < -0.39 is 0 Å². The lowest BCUT2D eigenvalue weighted by Crippen LogP contribution is -2.58. The van der Waals surface area contributed by atoms with Crippen molar-refractivity contribution in [1.82, 2.24) is 5.32 Å². The highest BCUT2D eigenvalue weighted by molar-refractivity contribution is 6.17. The summed E-state index contributed by atoms with van der Waals surface area (Å²) in [5, 5.41) is 2.92. The Hall–Kier alpha value is -2.04. The highest BCUT2D eigenvalue weighted by atomic mass is 16.5. The number of carbonyl (C=O) groups excluding carboxylic acids is 2. The number of ether oxygens (including phenoxy) is 1. The third-order valence-corrected chi connectivity index (χ3v) is 3.89. The van der Waals surface area contributed by atoms with E-state index in [0.717, 1.165) is 19.3 Å². The number of rotatable bonds is 2. The van der Waals surface area contributed by atoms with E-state index in [4.69, 9.17) is 4.74 Å². The normalized spacial score (nSPS) is 26.1. The van der Waals surface area contributed by atoms with Crippen LogP contribution in [0, 0.1) is 5.92 Å². The smallest absolute Gasteiger partial charge is 0.329 e. The molecule has 1 heterocycles. The molecule has 5 nitrogen and oxygen atoms in total. The van der Waals surface area contributed by atoms with Gasteiger partial charge < -0.3 is 10.1 Å². The van der Waals surface area contributed by atoms with E-state index >= 15 is 0 Å². The number of amides is 3. The van der Waals surface area contributed by atoms with Crippen LogP contribution in [0.2, 0.25) is 0 Å². The molecule has 1 aromatic carbocycles. The van der Waals surface area contributed by atoms with Gasteiger partial charge in [0.05, 0.1) is 18.7 Å². The topological polar surface area (TPSA) is 58.6 Å². The van der Waals surface area contributed by atoms with Gasteiger partial charge in [0.25, 0.3) is 0 Å². The van der Waals surface area contributed by atoms with Gasteiger partial charge in [-0.1, -0.05) is 18.6 Å². The molecule has 3 amide bonds. The highest BCUT2D eigenvalue weighted by Crippen LogP contribution is 2.36. The summed E-state index contributed by atoms with van der Waals surface area (Å²) >= 11 is 0. The Morgan fingerprint density at radius 1 is 1.26 bits per heavy atom. The summed E-state index contributed by atoms with van der Waals surface area (Å²) in [5.41, 5.74) is 0.512. The predicted molar refractivity (Wildman–Crippen MR) is 70.1 cm³/mol. The van der Waals surface area contributed by atoms with Crippen LogP contribution >= 0.6 is 0 Å². The monoisotopic (exact) mass is 260 g/mol. The summed E-state index contributed by atoms with van der Waals surface area (Å²) in [6, 6.07) is 6.73. The number of para-hydroxylation sites is 2. The van der Waals surface area contributed by atoms with Gasteiger partial charge in [0.2, 0.25) is 5.91 Å². The molecular weight excluding hydrogens is 244 g/mol. The summed E-state index contributed by atoms with van der Waals surface area (Å²) in [6.45, 7) is 0. The molecular formula is C14H16N2O3. The van der Waals surface area contributed by atoms with Crippen molar-refractivity contribution in [2.75, 3.05) is 12.0 Å².